The molecule has 296 valence electrons. The third-order valence-electron chi connectivity index (χ3n) is 11.0. The van der Waals surface area contributed by atoms with E-state index in [0.717, 1.165) is 40.9 Å². The first-order valence-electron chi connectivity index (χ1n) is 19.4. The van der Waals surface area contributed by atoms with Crippen molar-refractivity contribution in [1.29, 1.82) is 5.26 Å². The highest BCUT2D eigenvalue weighted by molar-refractivity contribution is 7.13. The Morgan fingerprint density at radius 1 is 1.11 bits per heavy atom. The molecule has 2 aliphatic heterocycles. The second-order valence-corrected chi connectivity index (χ2v) is 16.0. The number of esters is 1. The van der Waals surface area contributed by atoms with Gasteiger partial charge in [0.1, 0.15) is 39.5 Å². The fourth-order valence-corrected chi connectivity index (χ4v) is 8.55. The topological polar surface area (TPSA) is 153 Å². The number of carbonyl (C=O) groups is 3. The number of hydrogen-bond acceptors (Lipinski definition) is 11. The fourth-order valence-electron chi connectivity index (χ4n) is 7.61. The summed E-state index contributed by atoms with van der Waals surface area (Å²) in [5, 5.41) is 16.1. The van der Waals surface area contributed by atoms with E-state index in [9.17, 15) is 19.6 Å². The van der Waals surface area contributed by atoms with E-state index in [2.05, 4.69) is 31.3 Å². The van der Waals surface area contributed by atoms with E-state index in [0.29, 0.717) is 58.9 Å². The molecule has 4 aromatic rings. The maximum Gasteiger partial charge on any atom is 0.332 e. The third-order valence-corrected chi connectivity index (χ3v) is 11.9. The summed E-state index contributed by atoms with van der Waals surface area (Å²) < 4.78 is 23.6. The lowest BCUT2D eigenvalue weighted by molar-refractivity contribution is -0.149. The van der Waals surface area contributed by atoms with Gasteiger partial charge in [0, 0.05) is 41.3 Å². The van der Waals surface area contributed by atoms with Crippen LogP contribution in [0.1, 0.15) is 81.5 Å². The van der Waals surface area contributed by atoms with Crippen molar-refractivity contribution >= 4 is 40.0 Å². The molecule has 0 spiro atoms. The van der Waals surface area contributed by atoms with Gasteiger partial charge in [-0.25, -0.2) is 14.8 Å². The second-order valence-electron chi connectivity index (χ2n) is 15.2. The quantitative estimate of drug-likeness (QED) is 0.108. The standard InChI is InChI=1S/C44H47N5O7S/c1-26(2)34-25-57-41(47-34)33-20-38(32-16-17-36(53-4)27(3)39(32)46-33)55-24-29-19-35-40(50)48-44(43(52)54-5)21-30(44)13-9-7-6-8-10-15-37(42(51)49(35)23-29)56-31-14-11-12-28(18-31)22-45/h9,11-14,16-18,20,24-26,30,35,37H,6-8,10,15,19,21,23H2,1-5H3,(H,48,50)/b13-9-,29-24?/t30-,35+,37?,44-/m1/s1. The summed E-state index contributed by atoms with van der Waals surface area (Å²) in [5.74, 6) is 0.322. The van der Waals surface area contributed by atoms with Crippen LogP contribution in [0.4, 0.5) is 0 Å². The zero-order valence-corrected chi connectivity index (χ0v) is 33.7. The van der Waals surface area contributed by atoms with Gasteiger partial charge in [0.05, 0.1) is 43.3 Å². The summed E-state index contributed by atoms with van der Waals surface area (Å²) in [4.78, 5) is 53.5. The Balaban J connectivity index is 1.25. The molecule has 3 aliphatic rings. The minimum absolute atomic E-state index is 0.0938. The lowest BCUT2D eigenvalue weighted by Gasteiger charge is -2.29. The molecule has 2 fully saturated rings. The van der Waals surface area contributed by atoms with E-state index in [1.54, 1.807) is 37.6 Å². The molecule has 2 amide bonds. The number of amides is 2. The Kier molecular flexibility index (Phi) is 11.6. The lowest BCUT2D eigenvalue weighted by Crippen LogP contribution is -2.55. The molecule has 4 atom stereocenters. The van der Waals surface area contributed by atoms with E-state index < -0.39 is 29.6 Å². The summed E-state index contributed by atoms with van der Waals surface area (Å²) in [6.07, 6.45) is 8.99. The Morgan fingerprint density at radius 2 is 1.95 bits per heavy atom. The molecule has 1 unspecified atom stereocenters. The number of benzene rings is 2. The van der Waals surface area contributed by atoms with E-state index in [1.165, 1.54) is 23.3 Å². The third kappa shape index (κ3) is 8.23. The summed E-state index contributed by atoms with van der Waals surface area (Å²) in [6.45, 7) is 6.24. The number of carbonyl (C=O) groups excluding carboxylic acids is 3. The molecule has 1 N–H and O–H groups in total. The van der Waals surface area contributed by atoms with Crippen LogP contribution in [-0.4, -0.2) is 71.1 Å². The van der Waals surface area contributed by atoms with Gasteiger partial charge in [-0.15, -0.1) is 11.3 Å². The van der Waals surface area contributed by atoms with Gasteiger partial charge in [0.15, 0.2) is 6.10 Å². The van der Waals surface area contributed by atoms with Crippen molar-refractivity contribution in [2.75, 3.05) is 20.8 Å². The molecule has 1 saturated heterocycles. The van der Waals surface area contributed by atoms with E-state index in [-0.39, 0.29) is 30.7 Å². The molecule has 57 heavy (non-hydrogen) atoms. The monoisotopic (exact) mass is 789 g/mol. The number of nitriles is 1. The molecule has 0 bridgehead atoms. The van der Waals surface area contributed by atoms with Gasteiger partial charge in [-0.3, -0.25) is 9.59 Å². The number of pyridine rings is 1. The van der Waals surface area contributed by atoms with Gasteiger partial charge < -0.3 is 29.2 Å². The first-order chi connectivity index (χ1) is 27.5. The Morgan fingerprint density at radius 3 is 2.70 bits per heavy atom. The van der Waals surface area contributed by atoms with Crippen molar-refractivity contribution in [3.63, 3.8) is 0 Å². The van der Waals surface area contributed by atoms with Crippen LogP contribution in [0.25, 0.3) is 21.6 Å². The number of allylic oxidation sites excluding steroid dienone is 1. The maximum atomic E-state index is 14.6. The Bertz CT molecular complexity index is 2290. The summed E-state index contributed by atoms with van der Waals surface area (Å²) in [7, 11) is 2.94. The van der Waals surface area contributed by atoms with Crippen molar-refractivity contribution in [2.45, 2.75) is 89.3 Å². The lowest BCUT2D eigenvalue weighted by atomic mass is 10.1. The van der Waals surface area contributed by atoms with Crippen LogP contribution in [0.5, 0.6) is 17.2 Å². The number of hydrogen-bond donors (Lipinski definition) is 1. The number of methoxy groups -OCH3 is 2. The number of aryl methyl sites for hydroxylation is 1. The summed E-state index contributed by atoms with van der Waals surface area (Å²) >= 11 is 1.52. The molecule has 13 heteroatoms. The first-order valence-corrected chi connectivity index (χ1v) is 20.3. The molecule has 2 aromatic carbocycles. The molecule has 2 aromatic heterocycles. The fraction of sp³-hybridized carbons (Fsp3) is 0.409. The van der Waals surface area contributed by atoms with Crippen molar-refractivity contribution in [3.8, 4) is 34.0 Å². The normalized spacial score (nSPS) is 23.8. The number of thiazole rings is 1. The number of nitrogens with zero attached hydrogens (tertiary/aromatic N) is 4. The predicted octanol–water partition coefficient (Wildman–Crippen LogP) is 7.55. The molecule has 12 nitrogen and oxygen atoms in total. The van der Waals surface area contributed by atoms with Crippen LogP contribution < -0.4 is 19.5 Å². The van der Waals surface area contributed by atoms with Crippen LogP contribution in [0.3, 0.4) is 0 Å². The Labute approximate surface area is 336 Å². The highest BCUT2D eigenvalue weighted by Gasteiger charge is 2.62. The smallest absolute Gasteiger partial charge is 0.332 e. The van der Waals surface area contributed by atoms with Crippen LogP contribution in [0.15, 0.2) is 71.8 Å². The summed E-state index contributed by atoms with van der Waals surface area (Å²) in [6, 6.07) is 13.5. The van der Waals surface area contributed by atoms with E-state index in [4.69, 9.17) is 28.9 Å². The number of rotatable bonds is 8. The van der Waals surface area contributed by atoms with Gasteiger partial charge in [0.2, 0.25) is 5.91 Å². The average molecular weight is 790 g/mol. The molecule has 4 heterocycles. The molecular formula is C44H47N5O7S. The van der Waals surface area contributed by atoms with Gasteiger partial charge in [-0.2, -0.15) is 5.26 Å². The highest BCUT2D eigenvalue weighted by Crippen LogP contribution is 2.46. The molecule has 0 radical (unpaired) electrons. The van der Waals surface area contributed by atoms with Gasteiger partial charge in [-0.05, 0) is 80.9 Å². The highest BCUT2D eigenvalue weighted by atomic mass is 32.1. The molecule has 1 aliphatic carbocycles. The summed E-state index contributed by atoms with van der Waals surface area (Å²) in [5.41, 5.74) is 3.09. The van der Waals surface area contributed by atoms with E-state index in [1.807, 2.05) is 36.6 Å². The van der Waals surface area contributed by atoms with Crippen molar-refractivity contribution in [3.05, 3.63) is 88.7 Å². The molecule has 1 saturated carbocycles. The van der Waals surface area contributed by atoms with Crippen LogP contribution in [-0.2, 0) is 19.1 Å². The number of nitrogens with one attached hydrogen (secondary N) is 1. The Hall–Kier alpha value is -5.74. The minimum Gasteiger partial charge on any atom is -0.496 e. The van der Waals surface area contributed by atoms with Crippen molar-refractivity contribution < 1.29 is 33.3 Å². The van der Waals surface area contributed by atoms with Crippen molar-refractivity contribution in [2.24, 2.45) is 5.92 Å². The van der Waals surface area contributed by atoms with Crippen LogP contribution in [0, 0.1) is 24.2 Å². The number of fused-ring (bicyclic) bond motifs is 3. The maximum absolute atomic E-state index is 14.6. The largest absolute Gasteiger partial charge is 0.496 e. The molecule has 7 rings (SSSR count). The molecular weight excluding hydrogens is 743 g/mol. The van der Waals surface area contributed by atoms with Gasteiger partial charge >= 0.3 is 5.97 Å². The second kappa shape index (κ2) is 16.8. The van der Waals surface area contributed by atoms with Crippen LogP contribution in [0.2, 0.25) is 0 Å². The average Bonchev–Trinajstić information content (AvgIpc) is 3.50. The first kappa shape index (κ1) is 39.5. The number of aromatic nitrogens is 2. The SMILES string of the molecule is COC(=O)[C@@]12C[C@H]1/C=C\CCCCCC(Oc1cccc(C#N)c1)C(=O)N1CC(=COc3cc(-c4nc(C(C)C)cs4)nc4c(C)c(OC)ccc34)C[C@H]1C(=O)N2. The van der Waals surface area contributed by atoms with E-state index >= 15 is 0 Å². The van der Waals surface area contributed by atoms with Crippen molar-refractivity contribution in [1.82, 2.24) is 20.2 Å². The number of ether oxygens (including phenoxy) is 4. The zero-order chi connectivity index (χ0) is 40.3. The minimum atomic E-state index is -1.20. The van der Waals surface area contributed by atoms with Gasteiger partial charge in [-0.1, -0.05) is 38.5 Å². The van der Waals surface area contributed by atoms with Crippen LogP contribution >= 0.6 is 11.3 Å². The van der Waals surface area contributed by atoms with Gasteiger partial charge in [0.25, 0.3) is 5.91 Å². The predicted molar refractivity (Wildman–Crippen MR) is 216 cm³/mol. The zero-order valence-electron chi connectivity index (χ0n) is 32.9.